The number of aliphatic imine (C=N–C) groups is 1. The van der Waals surface area contributed by atoms with Gasteiger partial charge in [-0.2, -0.15) is 0 Å². The van der Waals surface area contributed by atoms with Crippen LogP contribution in [0.4, 0.5) is 0 Å². The van der Waals surface area contributed by atoms with Crippen LogP contribution in [0.2, 0.25) is 0 Å². The van der Waals surface area contributed by atoms with Crippen LogP contribution in [-0.2, 0) is 6.54 Å². The van der Waals surface area contributed by atoms with Gasteiger partial charge in [-0.3, -0.25) is 0 Å². The number of phenolic OH excluding ortho intramolecular Hbond substituents is 1. The molecule has 0 radical (unpaired) electrons. The molecule has 0 heterocycles. The van der Waals surface area contributed by atoms with Gasteiger partial charge in [-0.15, -0.1) is 24.0 Å². The minimum Gasteiger partial charge on any atom is -0.504 e. The molecular weight excluding hydrogens is 481 g/mol. The van der Waals surface area contributed by atoms with Gasteiger partial charge in [-0.25, -0.2) is 4.99 Å². The molecule has 2 aromatic carbocycles. The predicted molar refractivity (Wildman–Crippen MR) is 129 cm³/mol. The number of halogens is 1. The molecule has 0 fully saturated rings. The highest BCUT2D eigenvalue weighted by atomic mass is 127. The maximum atomic E-state index is 9.85. The average molecular weight is 513 g/mol. The second-order valence-electron chi connectivity index (χ2n) is 6.54. The third-order valence-electron chi connectivity index (χ3n) is 4.29. The first kappa shape index (κ1) is 24.9. The second-order valence-corrected chi connectivity index (χ2v) is 6.54. The number of ether oxygens (including phenoxy) is 2. The zero-order chi connectivity index (χ0) is 20.5. The van der Waals surface area contributed by atoms with Crippen molar-refractivity contribution in [3.05, 3.63) is 53.1 Å². The van der Waals surface area contributed by atoms with E-state index in [4.69, 9.17) is 9.47 Å². The molecule has 1 unspecified atom stereocenters. The number of nitrogens with one attached hydrogen (secondary N) is 2. The number of phenols is 1. The van der Waals surface area contributed by atoms with Crippen molar-refractivity contribution < 1.29 is 14.6 Å². The number of aromatic hydroxyl groups is 1. The van der Waals surface area contributed by atoms with Gasteiger partial charge in [-0.1, -0.05) is 23.8 Å². The Bertz CT molecular complexity index is 812. The highest BCUT2D eigenvalue weighted by Gasteiger charge is 2.13. The van der Waals surface area contributed by atoms with Crippen molar-refractivity contribution in [2.45, 2.75) is 40.3 Å². The first-order chi connectivity index (χ1) is 13.5. The fourth-order valence-electron chi connectivity index (χ4n) is 2.89. The number of guanidine groups is 1. The molecule has 2 rings (SSSR count). The summed E-state index contributed by atoms with van der Waals surface area (Å²) in [6.07, 6.45) is 0. The Morgan fingerprint density at radius 3 is 2.55 bits per heavy atom. The van der Waals surface area contributed by atoms with Crippen LogP contribution in [0.1, 0.15) is 43.5 Å². The van der Waals surface area contributed by atoms with Gasteiger partial charge in [0.1, 0.15) is 5.75 Å². The summed E-state index contributed by atoms with van der Waals surface area (Å²) in [5, 5.41) is 16.6. The summed E-state index contributed by atoms with van der Waals surface area (Å²) in [6, 6.07) is 11.5. The van der Waals surface area contributed by atoms with Crippen LogP contribution >= 0.6 is 24.0 Å². The van der Waals surface area contributed by atoms with E-state index in [1.54, 1.807) is 13.2 Å². The number of hydrogen-bond acceptors (Lipinski definition) is 4. The van der Waals surface area contributed by atoms with Gasteiger partial charge >= 0.3 is 0 Å². The first-order valence-corrected chi connectivity index (χ1v) is 9.62. The summed E-state index contributed by atoms with van der Waals surface area (Å²) in [5.41, 5.74) is 3.22. The van der Waals surface area contributed by atoms with Crippen LogP contribution < -0.4 is 20.1 Å². The van der Waals surface area contributed by atoms with Crippen molar-refractivity contribution in [1.82, 2.24) is 10.6 Å². The van der Waals surface area contributed by atoms with E-state index in [1.165, 1.54) is 5.56 Å². The van der Waals surface area contributed by atoms with Crippen molar-refractivity contribution in [1.29, 1.82) is 0 Å². The van der Waals surface area contributed by atoms with Crippen LogP contribution in [0.3, 0.4) is 0 Å². The smallest absolute Gasteiger partial charge is 0.192 e. The van der Waals surface area contributed by atoms with E-state index in [0.29, 0.717) is 24.9 Å². The number of aryl methyl sites for hydroxylation is 1. The van der Waals surface area contributed by atoms with E-state index >= 15 is 0 Å². The Labute approximate surface area is 190 Å². The lowest BCUT2D eigenvalue weighted by molar-refractivity contribution is 0.318. The quantitative estimate of drug-likeness (QED) is 0.275. The minimum absolute atomic E-state index is 0. The minimum atomic E-state index is 0. The fourth-order valence-corrected chi connectivity index (χ4v) is 2.89. The number of rotatable bonds is 8. The molecule has 0 aliphatic rings. The lowest BCUT2D eigenvalue weighted by atomic mass is 10.0. The van der Waals surface area contributed by atoms with Gasteiger partial charge in [0, 0.05) is 12.1 Å². The van der Waals surface area contributed by atoms with Gasteiger partial charge in [-0.05, 0) is 51.5 Å². The lowest BCUT2D eigenvalue weighted by Gasteiger charge is -2.20. The summed E-state index contributed by atoms with van der Waals surface area (Å²) in [7, 11) is 1.68. The van der Waals surface area contributed by atoms with E-state index in [9.17, 15) is 5.11 Å². The zero-order valence-corrected chi connectivity index (χ0v) is 20.1. The Balaban J connectivity index is 0.00000420. The SMILES string of the molecule is CCNC(=NCc1ccc(O)c(OCC)c1)NC(C)c1cc(C)ccc1OC.I. The Hall–Kier alpha value is -2.16. The molecule has 0 amide bonds. The van der Waals surface area contributed by atoms with Crippen molar-refractivity contribution in [2.24, 2.45) is 4.99 Å². The van der Waals surface area contributed by atoms with Crippen molar-refractivity contribution in [2.75, 3.05) is 20.3 Å². The summed E-state index contributed by atoms with van der Waals surface area (Å²) < 4.78 is 10.9. The Kier molecular flexibility index (Phi) is 10.6. The largest absolute Gasteiger partial charge is 0.504 e. The molecule has 0 bridgehead atoms. The molecule has 7 heteroatoms. The number of benzene rings is 2. The molecule has 6 nitrogen and oxygen atoms in total. The lowest BCUT2D eigenvalue weighted by Crippen LogP contribution is -2.38. The van der Waals surface area contributed by atoms with E-state index in [2.05, 4.69) is 35.5 Å². The van der Waals surface area contributed by atoms with Gasteiger partial charge in [0.15, 0.2) is 17.5 Å². The third kappa shape index (κ3) is 7.30. The summed E-state index contributed by atoms with van der Waals surface area (Å²) >= 11 is 0. The topological polar surface area (TPSA) is 75.1 Å². The maximum Gasteiger partial charge on any atom is 0.192 e. The second kappa shape index (κ2) is 12.4. The fraction of sp³-hybridized carbons (Fsp3) is 0.409. The Morgan fingerprint density at radius 2 is 1.90 bits per heavy atom. The van der Waals surface area contributed by atoms with Crippen LogP contribution in [0.15, 0.2) is 41.4 Å². The van der Waals surface area contributed by atoms with Crippen LogP contribution in [0.5, 0.6) is 17.2 Å². The van der Waals surface area contributed by atoms with Crippen molar-refractivity contribution in [3.8, 4) is 17.2 Å². The maximum absolute atomic E-state index is 9.85. The molecule has 0 aromatic heterocycles. The predicted octanol–water partition coefficient (Wildman–Crippen LogP) is 4.54. The van der Waals surface area contributed by atoms with E-state index < -0.39 is 0 Å². The summed E-state index contributed by atoms with van der Waals surface area (Å²) in [5.74, 6) is 2.18. The monoisotopic (exact) mass is 513 g/mol. The molecule has 1 atom stereocenters. The van der Waals surface area contributed by atoms with Crippen molar-refractivity contribution >= 4 is 29.9 Å². The van der Waals surface area contributed by atoms with Gasteiger partial charge in [0.05, 0.1) is 26.3 Å². The van der Waals surface area contributed by atoms with Crippen molar-refractivity contribution in [3.63, 3.8) is 0 Å². The van der Waals surface area contributed by atoms with Crippen LogP contribution in [-0.4, -0.2) is 31.3 Å². The molecule has 2 aromatic rings. The molecule has 0 saturated carbocycles. The summed E-state index contributed by atoms with van der Waals surface area (Å²) in [6.45, 7) is 9.78. The highest BCUT2D eigenvalue weighted by Crippen LogP contribution is 2.27. The van der Waals surface area contributed by atoms with Gasteiger partial charge in [0.25, 0.3) is 0 Å². The first-order valence-electron chi connectivity index (χ1n) is 9.62. The molecule has 160 valence electrons. The van der Waals surface area contributed by atoms with E-state index in [0.717, 1.165) is 23.4 Å². The highest BCUT2D eigenvalue weighted by molar-refractivity contribution is 14.0. The third-order valence-corrected chi connectivity index (χ3v) is 4.29. The number of methoxy groups -OCH3 is 1. The Morgan fingerprint density at radius 1 is 1.14 bits per heavy atom. The molecular formula is C22H32IN3O3. The molecule has 0 saturated heterocycles. The standard InChI is InChI=1S/C22H31N3O3.HI/c1-6-23-22(24-14-17-9-10-19(26)21(13-17)28-7-2)25-16(4)18-12-15(3)8-11-20(18)27-5;/h8-13,16,26H,6-7,14H2,1-5H3,(H2,23,24,25);1H. The van der Waals surface area contributed by atoms with Gasteiger partial charge in [0.2, 0.25) is 0 Å². The summed E-state index contributed by atoms with van der Waals surface area (Å²) in [4.78, 5) is 4.67. The normalized spacial score (nSPS) is 12.0. The number of hydrogen-bond donors (Lipinski definition) is 3. The zero-order valence-electron chi connectivity index (χ0n) is 17.8. The molecule has 0 aliphatic carbocycles. The molecule has 0 spiro atoms. The molecule has 0 aliphatic heterocycles. The van der Waals surface area contributed by atoms with E-state index in [-0.39, 0.29) is 35.8 Å². The van der Waals surface area contributed by atoms with Crippen LogP contribution in [0.25, 0.3) is 0 Å². The van der Waals surface area contributed by atoms with Gasteiger partial charge < -0.3 is 25.2 Å². The molecule has 3 N–H and O–H groups in total. The average Bonchev–Trinajstić information content (AvgIpc) is 2.68. The molecule has 29 heavy (non-hydrogen) atoms. The number of nitrogens with zero attached hydrogens (tertiary/aromatic N) is 1. The van der Waals surface area contributed by atoms with Crippen LogP contribution in [0, 0.1) is 6.92 Å². The van der Waals surface area contributed by atoms with E-state index in [1.807, 2.05) is 38.1 Å².